The van der Waals surface area contributed by atoms with Gasteiger partial charge in [-0.3, -0.25) is 0 Å². The Morgan fingerprint density at radius 2 is 2.13 bits per heavy atom. The number of ether oxygens (including phenoxy) is 1. The van der Waals surface area contributed by atoms with Crippen molar-refractivity contribution in [1.29, 1.82) is 0 Å². The minimum Gasteiger partial charge on any atom is -0.491 e. The molecule has 2 rings (SSSR count). The Labute approximate surface area is 101 Å². The number of thiophene rings is 1. The van der Waals surface area contributed by atoms with Crippen LogP contribution in [0.15, 0.2) is 17.8 Å². The van der Waals surface area contributed by atoms with Crippen LogP contribution in [0.25, 0.3) is 10.6 Å². The summed E-state index contributed by atoms with van der Waals surface area (Å²) < 4.78 is 5.15. The Hall–Kier alpha value is -0.840. The molecule has 0 fully saturated rings. The van der Waals surface area contributed by atoms with E-state index in [1.807, 2.05) is 5.38 Å². The molecule has 0 bridgehead atoms. The van der Waals surface area contributed by atoms with Crippen LogP contribution in [0.1, 0.15) is 0 Å². The van der Waals surface area contributed by atoms with Crippen molar-refractivity contribution in [2.75, 3.05) is 7.11 Å². The number of aromatic nitrogens is 2. The van der Waals surface area contributed by atoms with Gasteiger partial charge in [0, 0.05) is 0 Å². The Bertz CT molecular complexity index is 487. The molecule has 0 radical (unpaired) electrons. The van der Waals surface area contributed by atoms with Gasteiger partial charge in [-0.2, -0.15) is 0 Å². The molecule has 0 unspecified atom stereocenters. The van der Waals surface area contributed by atoms with Gasteiger partial charge in [0.15, 0.2) is 10.9 Å². The van der Waals surface area contributed by atoms with Crippen molar-refractivity contribution in [3.8, 4) is 16.3 Å². The molecule has 6 heteroatoms. The number of methoxy groups -OCH3 is 1. The lowest BCUT2D eigenvalue weighted by Gasteiger charge is -2.06. The Balaban J connectivity index is 2.63. The summed E-state index contributed by atoms with van der Waals surface area (Å²) in [7, 11) is 1.52. The van der Waals surface area contributed by atoms with Gasteiger partial charge in [0.2, 0.25) is 0 Å². The maximum atomic E-state index is 6.01. The van der Waals surface area contributed by atoms with Gasteiger partial charge in [0.1, 0.15) is 12.0 Å². The van der Waals surface area contributed by atoms with Crippen LogP contribution in [-0.2, 0) is 0 Å². The lowest BCUT2D eigenvalue weighted by molar-refractivity contribution is 0.413. The van der Waals surface area contributed by atoms with Crippen molar-refractivity contribution >= 4 is 34.5 Å². The highest BCUT2D eigenvalue weighted by molar-refractivity contribution is 7.14. The second-order valence-electron chi connectivity index (χ2n) is 2.64. The SMILES string of the molecule is COc1c(Cl)ncnc1-c1sccc1Cl. The molecule has 78 valence electrons. The Morgan fingerprint density at radius 1 is 1.33 bits per heavy atom. The van der Waals surface area contributed by atoms with Gasteiger partial charge >= 0.3 is 0 Å². The summed E-state index contributed by atoms with van der Waals surface area (Å²) in [5.74, 6) is 0.448. The van der Waals surface area contributed by atoms with E-state index in [0.717, 1.165) is 4.88 Å². The first kappa shape index (κ1) is 10.7. The predicted octanol–water partition coefficient (Wildman–Crippen LogP) is 3.52. The van der Waals surface area contributed by atoms with E-state index < -0.39 is 0 Å². The first-order valence-electron chi connectivity index (χ1n) is 4.02. The fraction of sp³-hybridized carbons (Fsp3) is 0.111. The van der Waals surface area contributed by atoms with Crippen LogP contribution in [0.2, 0.25) is 10.2 Å². The minimum absolute atomic E-state index is 0.284. The van der Waals surface area contributed by atoms with Crippen molar-refractivity contribution in [3.63, 3.8) is 0 Å². The quantitative estimate of drug-likeness (QED) is 0.776. The van der Waals surface area contributed by atoms with E-state index in [1.165, 1.54) is 24.8 Å². The van der Waals surface area contributed by atoms with Crippen molar-refractivity contribution < 1.29 is 4.74 Å². The molecule has 0 N–H and O–H groups in total. The summed E-state index contributed by atoms with van der Waals surface area (Å²) >= 11 is 13.4. The molecule has 0 aliphatic carbocycles. The van der Waals surface area contributed by atoms with E-state index in [9.17, 15) is 0 Å². The van der Waals surface area contributed by atoms with E-state index in [1.54, 1.807) is 6.07 Å². The van der Waals surface area contributed by atoms with E-state index in [4.69, 9.17) is 27.9 Å². The van der Waals surface area contributed by atoms with E-state index in [0.29, 0.717) is 16.5 Å². The summed E-state index contributed by atoms with van der Waals surface area (Å²) in [5.41, 5.74) is 0.623. The summed E-state index contributed by atoms with van der Waals surface area (Å²) in [6, 6.07) is 1.80. The first-order chi connectivity index (χ1) is 7.24. The van der Waals surface area contributed by atoms with Crippen LogP contribution < -0.4 is 4.74 Å². The second-order valence-corrected chi connectivity index (χ2v) is 4.33. The highest BCUT2D eigenvalue weighted by Crippen LogP contribution is 2.39. The van der Waals surface area contributed by atoms with Crippen LogP contribution in [0, 0.1) is 0 Å². The highest BCUT2D eigenvalue weighted by atomic mass is 35.5. The monoisotopic (exact) mass is 260 g/mol. The summed E-state index contributed by atoms with van der Waals surface area (Å²) in [6.45, 7) is 0. The highest BCUT2D eigenvalue weighted by Gasteiger charge is 2.15. The largest absolute Gasteiger partial charge is 0.491 e. The number of nitrogens with zero attached hydrogens (tertiary/aromatic N) is 2. The zero-order chi connectivity index (χ0) is 10.8. The molecule has 0 aliphatic heterocycles. The lowest BCUT2D eigenvalue weighted by atomic mass is 10.3. The number of halogens is 2. The Kier molecular flexibility index (Phi) is 3.09. The molecular weight excluding hydrogens is 255 g/mol. The molecule has 0 saturated carbocycles. The van der Waals surface area contributed by atoms with Gasteiger partial charge in [-0.1, -0.05) is 23.2 Å². The molecular formula is C9H6Cl2N2OS. The van der Waals surface area contributed by atoms with E-state index in [2.05, 4.69) is 9.97 Å². The van der Waals surface area contributed by atoms with Crippen molar-refractivity contribution in [2.24, 2.45) is 0 Å². The number of hydrogen-bond acceptors (Lipinski definition) is 4. The van der Waals surface area contributed by atoms with Gasteiger partial charge in [-0.15, -0.1) is 11.3 Å². The molecule has 0 amide bonds. The normalized spacial score (nSPS) is 10.3. The van der Waals surface area contributed by atoms with Crippen LogP contribution in [-0.4, -0.2) is 17.1 Å². The minimum atomic E-state index is 0.284. The Morgan fingerprint density at radius 3 is 2.73 bits per heavy atom. The van der Waals surface area contributed by atoms with Crippen LogP contribution >= 0.6 is 34.5 Å². The summed E-state index contributed by atoms with van der Waals surface area (Å²) in [4.78, 5) is 8.79. The van der Waals surface area contributed by atoms with Gasteiger partial charge in [0.25, 0.3) is 0 Å². The number of hydrogen-bond donors (Lipinski definition) is 0. The van der Waals surface area contributed by atoms with Crippen molar-refractivity contribution in [2.45, 2.75) is 0 Å². The average molecular weight is 261 g/mol. The molecule has 2 aromatic heterocycles. The van der Waals surface area contributed by atoms with Crippen molar-refractivity contribution in [3.05, 3.63) is 27.9 Å². The molecule has 3 nitrogen and oxygen atoms in total. The molecule has 0 aromatic carbocycles. The first-order valence-corrected chi connectivity index (χ1v) is 5.65. The lowest BCUT2D eigenvalue weighted by Crippen LogP contribution is -1.93. The molecule has 0 aliphatic rings. The zero-order valence-corrected chi connectivity index (χ0v) is 10.0. The molecule has 0 atom stereocenters. The topological polar surface area (TPSA) is 35.0 Å². The third kappa shape index (κ3) is 1.93. The fourth-order valence-electron chi connectivity index (χ4n) is 1.16. The van der Waals surface area contributed by atoms with Gasteiger partial charge < -0.3 is 4.74 Å². The van der Waals surface area contributed by atoms with Crippen LogP contribution in [0.4, 0.5) is 0 Å². The van der Waals surface area contributed by atoms with Gasteiger partial charge in [-0.25, -0.2) is 9.97 Å². The van der Waals surface area contributed by atoms with Crippen LogP contribution in [0.3, 0.4) is 0 Å². The molecule has 2 heterocycles. The molecule has 0 spiro atoms. The number of rotatable bonds is 2. The van der Waals surface area contributed by atoms with Crippen molar-refractivity contribution in [1.82, 2.24) is 9.97 Å². The van der Waals surface area contributed by atoms with E-state index in [-0.39, 0.29) is 5.15 Å². The van der Waals surface area contributed by atoms with Gasteiger partial charge in [0.05, 0.1) is 17.0 Å². The maximum Gasteiger partial charge on any atom is 0.183 e. The third-order valence-electron chi connectivity index (χ3n) is 1.80. The molecule has 15 heavy (non-hydrogen) atoms. The maximum absolute atomic E-state index is 6.01. The predicted molar refractivity (Wildman–Crippen MR) is 61.9 cm³/mol. The zero-order valence-electron chi connectivity index (χ0n) is 7.70. The summed E-state index contributed by atoms with van der Waals surface area (Å²) in [5, 5.41) is 2.80. The molecule has 2 aromatic rings. The standard InChI is InChI=1S/C9H6Cl2N2OS/c1-14-7-6(12-4-13-9(7)11)8-5(10)2-3-15-8/h2-4H,1H3. The second kappa shape index (κ2) is 4.35. The fourth-order valence-corrected chi connectivity index (χ4v) is 2.51. The average Bonchev–Trinajstić information content (AvgIpc) is 2.64. The molecule has 0 saturated heterocycles. The summed E-state index contributed by atoms with van der Waals surface area (Å²) in [6.07, 6.45) is 1.39. The smallest absolute Gasteiger partial charge is 0.183 e. The van der Waals surface area contributed by atoms with E-state index >= 15 is 0 Å². The third-order valence-corrected chi connectivity index (χ3v) is 3.41. The van der Waals surface area contributed by atoms with Gasteiger partial charge in [-0.05, 0) is 11.4 Å². The van der Waals surface area contributed by atoms with Crippen LogP contribution in [0.5, 0.6) is 5.75 Å².